The normalized spacial score (nSPS) is 21.9. The minimum absolute atomic E-state index is 0.230. The lowest BCUT2D eigenvalue weighted by molar-refractivity contribution is -0.0431. The summed E-state index contributed by atoms with van der Waals surface area (Å²) in [7, 11) is 0. The van der Waals surface area contributed by atoms with Crippen molar-refractivity contribution in [2.24, 2.45) is 0 Å². The van der Waals surface area contributed by atoms with E-state index in [2.05, 4.69) is 0 Å². The van der Waals surface area contributed by atoms with Gasteiger partial charge in [0.2, 0.25) is 5.79 Å². The zero-order valence-electron chi connectivity index (χ0n) is 10.5. The molecule has 1 aromatic carbocycles. The van der Waals surface area contributed by atoms with Gasteiger partial charge in [0.1, 0.15) is 0 Å². The van der Waals surface area contributed by atoms with E-state index in [0.29, 0.717) is 13.2 Å². The SMILES string of the molecule is CC1(C)Oc2ccc(C=CC3OCCO3)cc2O1. The lowest BCUT2D eigenvalue weighted by Crippen LogP contribution is -2.29. The number of ether oxygens (including phenoxy) is 4. The highest BCUT2D eigenvalue weighted by Gasteiger charge is 2.31. The van der Waals surface area contributed by atoms with Gasteiger partial charge in [-0.2, -0.15) is 0 Å². The van der Waals surface area contributed by atoms with Crippen molar-refractivity contribution in [1.82, 2.24) is 0 Å². The van der Waals surface area contributed by atoms with Crippen LogP contribution in [0.25, 0.3) is 6.08 Å². The lowest BCUT2D eigenvalue weighted by Gasteiger charge is -2.16. The van der Waals surface area contributed by atoms with Crippen molar-refractivity contribution < 1.29 is 18.9 Å². The Bertz CT molecular complexity index is 473. The minimum Gasteiger partial charge on any atom is -0.449 e. The summed E-state index contributed by atoms with van der Waals surface area (Å²) >= 11 is 0. The Morgan fingerprint density at radius 1 is 1.11 bits per heavy atom. The van der Waals surface area contributed by atoms with Crippen molar-refractivity contribution in [2.75, 3.05) is 13.2 Å². The monoisotopic (exact) mass is 248 g/mol. The molecule has 0 unspecified atom stereocenters. The molecule has 4 heteroatoms. The van der Waals surface area contributed by atoms with Crippen LogP contribution in [-0.4, -0.2) is 25.3 Å². The molecule has 0 aromatic heterocycles. The molecule has 1 aromatic rings. The summed E-state index contributed by atoms with van der Waals surface area (Å²) in [4.78, 5) is 0. The number of rotatable bonds is 2. The Kier molecular flexibility index (Phi) is 2.76. The van der Waals surface area contributed by atoms with Crippen molar-refractivity contribution in [3.05, 3.63) is 29.8 Å². The Labute approximate surface area is 106 Å². The number of hydrogen-bond acceptors (Lipinski definition) is 4. The van der Waals surface area contributed by atoms with Crippen LogP contribution in [0, 0.1) is 0 Å². The third-order valence-electron chi connectivity index (χ3n) is 2.77. The van der Waals surface area contributed by atoms with Gasteiger partial charge >= 0.3 is 0 Å². The molecular weight excluding hydrogens is 232 g/mol. The van der Waals surface area contributed by atoms with Crippen molar-refractivity contribution in [3.8, 4) is 11.5 Å². The van der Waals surface area contributed by atoms with E-state index in [1.165, 1.54) is 0 Å². The molecule has 0 saturated carbocycles. The van der Waals surface area contributed by atoms with Gasteiger partial charge in [0, 0.05) is 13.8 Å². The second kappa shape index (κ2) is 4.30. The molecule has 0 aliphatic carbocycles. The Morgan fingerprint density at radius 3 is 2.61 bits per heavy atom. The molecule has 2 aliphatic rings. The summed E-state index contributed by atoms with van der Waals surface area (Å²) in [5, 5.41) is 0. The molecule has 4 nitrogen and oxygen atoms in total. The van der Waals surface area contributed by atoms with Crippen LogP contribution >= 0.6 is 0 Å². The van der Waals surface area contributed by atoms with E-state index in [0.717, 1.165) is 17.1 Å². The fourth-order valence-corrected chi connectivity index (χ4v) is 2.02. The van der Waals surface area contributed by atoms with Gasteiger partial charge in [0.25, 0.3) is 0 Å². The largest absolute Gasteiger partial charge is 0.449 e. The summed E-state index contributed by atoms with van der Waals surface area (Å²) < 4.78 is 22.0. The van der Waals surface area contributed by atoms with E-state index in [1.54, 1.807) is 0 Å². The molecule has 2 aliphatic heterocycles. The Balaban J connectivity index is 1.75. The summed E-state index contributed by atoms with van der Waals surface area (Å²) in [5.74, 6) is 0.975. The van der Waals surface area contributed by atoms with E-state index < -0.39 is 5.79 Å². The van der Waals surface area contributed by atoms with Crippen LogP contribution in [0.4, 0.5) is 0 Å². The highest BCUT2D eigenvalue weighted by atomic mass is 16.7. The maximum atomic E-state index is 5.69. The van der Waals surface area contributed by atoms with Gasteiger partial charge in [-0.05, 0) is 23.8 Å². The van der Waals surface area contributed by atoms with E-state index in [1.807, 2.05) is 44.2 Å². The maximum Gasteiger partial charge on any atom is 0.246 e. The standard InChI is InChI=1S/C14H16O4/c1-14(2)17-11-5-3-10(9-12(11)18-14)4-6-13-15-7-8-16-13/h3-6,9,13H,7-8H2,1-2H3. The minimum atomic E-state index is -0.581. The summed E-state index contributed by atoms with van der Waals surface area (Å²) in [6, 6.07) is 5.85. The van der Waals surface area contributed by atoms with Crippen LogP contribution in [0.3, 0.4) is 0 Å². The maximum absolute atomic E-state index is 5.69. The molecule has 1 saturated heterocycles. The van der Waals surface area contributed by atoms with Crippen molar-refractivity contribution >= 4 is 6.08 Å². The van der Waals surface area contributed by atoms with Gasteiger partial charge in [-0.15, -0.1) is 0 Å². The van der Waals surface area contributed by atoms with Crippen molar-refractivity contribution in [2.45, 2.75) is 25.9 Å². The highest BCUT2D eigenvalue weighted by Crippen LogP contribution is 2.39. The first kappa shape index (κ1) is 11.6. The molecule has 96 valence electrons. The molecule has 0 atom stereocenters. The molecule has 3 rings (SSSR count). The van der Waals surface area contributed by atoms with E-state index >= 15 is 0 Å². The zero-order valence-corrected chi connectivity index (χ0v) is 10.5. The Morgan fingerprint density at radius 2 is 1.83 bits per heavy atom. The smallest absolute Gasteiger partial charge is 0.246 e. The van der Waals surface area contributed by atoms with Crippen LogP contribution in [-0.2, 0) is 9.47 Å². The van der Waals surface area contributed by atoms with Gasteiger partial charge in [0.15, 0.2) is 17.8 Å². The van der Waals surface area contributed by atoms with E-state index in [-0.39, 0.29) is 6.29 Å². The molecule has 0 radical (unpaired) electrons. The first-order valence-electron chi connectivity index (χ1n) is 6.06. The van der Waals surface area contributed by atoms with Gasteiger partial charge in [-0.25, -0.2) is 0 Å². The fourth-order valence-electron chi connectivity index (χ4n) is 2.02. The molecular formula is C14H16O4. The third kappa shape index (κ3) is 2.35. The Hall–Kier alpha value is -1.52. The third-order valence-corrected chi connectivity index (χ3v) is 2.77. The van der Waals surface area contributed by atoms with Gasteiger partial charge in [-0.1, -0.05) is 12.1 Å². The summed E-state index contributed by atoms with van der Waals surface area (Å²) in [6.07, 6.45) is 3.63. The average Bonchev–Trinajstić information content (AvgIpc) is 2.90. The summed E-state index contributed by atoms with van der Waals surface area (Å²) in [5.41, 5.74) is 1.04. The van der Waals surface area contributed by atoms with Gasteiger partial charge in [-0.3, -0.25) is 0 Å². The predicted molar refractivity (Wildman–Crippen MR) is 66.5 cm³/mol. The fraction of sp³-hybridized carbons (Fsp3) is 0.429. The molecule has 0 N–H and O–H groups in total. The van der Waals surface area contributed by atoms with E-state index in [9.17, 15) is 0 Å². The average molecular weight is 248 g/mol. The summed E-state index contributed by atoms with van der Waals surface area (Å²) in [6.45, 7) is 5.10. The molecule has 0 amide bonds. The molecule has 1 fully saturated rings. The second-order valence-corrected chi connectivity index (χ2v) is 4.78. The van der Waals surface area contributed by atoms with Crippen LogP contribution in [0.2, 0.25) is 0 Å². The van der Waals surface area contributed by atoms with Crippen LogP contribution in [0.15, 0.2) is 24.3 Å². The number of hydrogen-bond donors (Lipinski definition) is 0. The highest BCUT2D eigenvalue weighted by molar-refractivity contribution is 5.57. The number of fused-ring (bicyclic) bond motifs is 1. The molecule has 0 spiro atoms. The van der Waals surface area contributed by atoms with Crippen LogP contribution in [0.1, 0.15) is 19.4 Å². The van der Waals surface area contributed by atoms with Crippen molar-refractivity contribution in [3.63, 3.8) is 0 Å². The van der Waals surface area contributed by atoms with Gasteiger partial charge < -0.3 is 18.9 Å². The van der Waals surface area contributed by atoms with E-state index in [4.69, 9.17) is 18.9 Å². The first-order valence-corrected chi connectivity index (χ1v) is 6.06. The molecule has 18 heavy (non-hydrogen) atoms. The topological polar surface area (TPSA) is 36.9 Å². The second-order valence-electron chi connectivity index (χ2n) is 4.78. The first-order chi connectivity index (χ1) is 8.62. The lowest BCUT2D eigenvalue weighted by atomic mass is 10.2. The predicted octanol–water partition coefficient (Wildman–Crippen LogP) is 2.58. The van der Waals surface area contributed by atoms with Crippen LogP contribution < -0.4 is 9.47 Å². The zero-order chi connectivity index (χ0) is 12.6. The van der Waals surface area contributed by atoms with Crippen molar-refractivity contribution in [1.29, 1.82) is 0 Å². The van der Waals surface area contributed by atoms with Crippen LogP contribution in [0.5, 0.6) is 11.5 Å². The van der Waals surface area contributed by atoms with Gasteiger partial charge in [0.05, 0.1) is 13.2 Å². The molecule has 2 heterocycles. The quantitative estimate of drug-likeness (QED) is 0.806. The number of benzene rings is 1. The molecule has 0 bridgehead atoms.